The van der Waals surface area contributed by atoms with Crippen LogP contribution in [0.4, 0.5) is 0 Å². The summed E-state index contributed by atoms with van der Waals surface area (Å²) in [6, 6.07) is 7.12. The summed E-state index contributed by atoms with van der Waals surface area (Å²) in [6.07, 6.45) is 7.87. The van der Waals surface area contributed by atoms with Crippen LogP contribution >= 0.6 is 0 Å². The van der Waals surface area contributed by atoms with Gasteiger partial charge in [-0.1, -0.05) is 38.2 Å². The summed E-state index contributed by atoms with van der Waals surface area (Å²) in [5, 5.41) is 0. The van der Waals surface area contributed by atoms with E-state index in [-0.39, 0.29) is 5.91 Å². The van der Waals surface area contributed by atoms with Crippen molar-refractivity contribution in [3.63, 3.8) is 0 Å². The molecule has 1 fully saturated rings. The van der Waals surface area contributed by atoms with Crippen LogP contribution in [-0.2, 0) is 0 Å². The van der Waals surface area contributed by atoms with Gasteiger partial charge in [0.15, 0.2) is 0 Å². The monoisotopic (exact) mass is 262 g/mol. The van der Waals surface area contributed by atoms with Crippen LogP contribution in [-0.4, -0.2) is 12.5 Å². The quantitative estimate of drug-likeness (QED) is 0.487. The van der Waals surface area contributed by atoms with Crippen molar-refractivity contribution in [2.75, 3.05) is 6.61 Å². The van der Waals surface area contributed by atoms with Crippen molar-refractivity contribution in [2.45, 2.75) is 38.5 Å². The number of ether oxygens (including phenoxy) is 1. The molecule has 2 rings (SSSR count). The maximum absolute atomic E-state index is 11.4. The lowest BCUT2D eigenvalue weighted by Gasteiger charge is -2.21. The van der Waals surface area contributed by atoms with E-state index >= 15 is 0 Å². The third-order valence-corrected chi connectivity index (χ3v) is 3.75. The predicted molar refractivity (Wildman–Crippen MR) is 74.8 cm³/mol. The second-order valence-corrected chi connectivity index (χ2v) is 5.14. The molecule has 3 N–H and O–H groups in total. The zero-order valence-corrected chi connectivity index (χ0v) is 11.2. The number of nitrogen functional groups attached to an aromatic ring is 1. The van der Waals surface area contributed by atoms with Gasteiger partial charge in [-0.15, -0.1) is 0 Å². The number of carbonyl (C=O) groups is 1. The molecule has 1 aromatic rings. The molecule has 1 saturated carbocycles. The molecule has 1 aliphatic carbocycles. The Kier molecular flexibility index (Phi) is 5.21. The highest BCUT2D eigenvalue weighted by atomic mass is 16.5. The normalized spacial score (nSPS) is 16.1. The number of amides is 1. The number of hydrazine groups is 1. The summed E-state index contributed by atoms with van der Waals surface area (Å²) >= 11 is 0. The molecule has 0 atom stereocenters. The van der Waals surface area contributed by atoms with Gasteiger partial charge in [0, 0.05) is 5.56 Å². The number of hydrogen-bond acceptors (Lipinski definition) is 3. The van der Waals surface area contributed by atoms with Crippen LogP contribution < -0.4 is 16.0 Å². The fourth-order valence-electron chi connectivity index (χ4n) is 2.63. The molecule has 0 radical (unpaired) electrons. The minimum atomic E-state index is -0.294. The van der Waals surface area contributed by atoms with Gasteiger partial charge in [0.25, 0.3) is 5.91 Å². The van der Waals surface area contributed by atoms with Crippen molar-refractivity contribution < 1.29 is 9.53 Å². The van der Waals surface area contributed by atoms with Crippen LogP contribution in [0.25, 0.3) is 0 Å². The average molecular weight is 262 g/mol. The van der Waals surface area contributed by atoms with Gasteiger partial charge >= 0.3 is 0 Å². The molecule has 0 spiro atoms. The van der Waals surface area contributed by atoms with Gasteiger partial charge in [-0.25, -0.2) is 5.84 Å². The van der Waals surface area contributed by atoms with E-state index in [1.807, 2.05) is 6.07 Å². The van der Waals surface area contributed by atoms with Crippen molar-refractivity contribution >= 4 is 5.91 Å². The Hall–Kier alpha value is -1.55. The molecule has 0 aromatic heterocycles. The van der Waals surface area contributed by atoms with Gasteiger partial charge in [-0.3, -0.25) is 10.2 Å². The molecule has 0 bridgehead atoms. The third kappa shape index (κ3) is 4.24. The van der Waals surface area contributed by atoms with Crippen LogP contribution in [0.15, 0.2) is 24.3 Å². The van der Waals surface area contributed by atoms with E-state index in [1.54, 1.807) is 18.2 Å². The first-order valence-electron chi connectivity index (χ1n) is 7.03. The first-order valence-corrected chi connectivity index (χ1v) is 7.03. The van der Waals surface area contributed by atoms with Crippen molar-refractivity contribution in [3.8, 4) is 5.75 Å². The Labute approximate surface area is 114 Å². The predicted octanol–water partition coefficient (Wildman–Crippen LogP) is 2.64. The number of nitrogens with one attached hydrogen (secondary N) is 1. The standard InChI is InChI=1S/C15H22N2O2/c16-17-15(18)13-7-4-8-14(11-13)19-10-9-12-5-2-1-3-6-12/h4,7-8,11-12H,1-3,5-6,9-10,16H2,(H,17,18). The summed E-state index contributed by atoms with van der Waals surface area (Å²) in [6.45, 7) is 0.721. The van der Waals surface area contributed by atoms with E-state index in [2.05, 4.69) is 5.43 Å². The maximum Gasteiger partial charge on any atom is 0.265 e. The first kappa shape index (κ1) is 13.9. The highest BCUT2D eigenvalue weighted by molar-refractivity contribution is 5.94. The van der Waals surface area contributed by atoms with E-state index in [1.165, 1.54) is 32.1 Å². The van der Waals surface area contributed by atoms with Crippen molar-refractivity contribution in [2.24, 2.45) is 11.8 Å². The minimum absolute atomic E-state index is 0.294. The number of carbonyl (C=O) groups excluding carboxylic acids is 1. The number of benzene rings is 1. The van der Waals surface area contributed by atoms with Crippen LogP contribution in [0.1, 0.15) is 48.9 Å². The van der Waals surface area contributed by atoms with E-state index in [9.17, 15) is 4.79 Å². The van der Waals surface area contributed by atoms with Gasteiger partial charge in [-0.05, 0) is 30.5 Å². The Morgan fingerprint density at radius 2 is 2.11 bits per heavy atom. The zero-order chi connectivity index (χ0) is 13.5. The Bertz CT molecular complexity index is 414. The second-order valence-electron chi connectivity index (χ2n) is 5.14. The van der Waals surface area contributed by atoms with Crippen LogP contribution in [0, 0.1) is 5.92 Å². The van der Waals surface area contributed by atoms with E-state index in [4.69, 9.17) is 10.6 Å². The fourth-order valence-corrected chi connectivity index (χ4v) is 2.63. The zero-order valence-electron chi connectivity index (χ0n) is 11.2. The molecule has 19 heavy (non-hydrogen) atoms. The van der Waals surface area contributed by atoms with Gasteiger partial charge < -0.3 is 4.74 Å². The SMILES string of the molecule is NNC(=O)c1cccc(OCCC2CCCCC2)c1. The van der Waals surface area contributed by atoms with Crippen molar-refractivity contribution in [1.29, 1.82) is 0 Å². The summed E-state index contributed by atoms with van der Waals surface area (Å²) in [4.78, 5) is 11.4. The molecular weight excluding hydrogens is 240 g/mol. The molecule has 4 heteroatoms. The Balaban J connectivity index is 1.80. The molecule has 104 valence electrons. The van der Waals surface area contributed by atoms with Crippen molar-refractivity contribution in [1.82, 2.24) is 5.43 Å². The number of hydrogen-bond donors (Lipinski definition) is 2. The Morgan fingerprint density at radius 3 is 2.84 bits per heavy atom. The average Bonchev–Trinajstić information content (AvgIpc) is 2.48. The summed E-state index contributed by atoms with van der Waals surface area (Å²) < 4.78 is 5.72. The summed E-state index contributed by atoms with van der Waals surface area (Å²) in [5.41, 5.74) is 2.65. The molecular formula is C15H22N2O2. The molecule has 0 unspecified atom stereocenters. The van der Waals surface area contributed by atoms with Crippen molar-refractivity contribution in [3.05, 3.63) is 29.8 Å². The van der Waals surface area contributed by atoms with Crippen LogP contribution in [0.2, 0.25) is 0 Å². The molecule has 4 nitrogen and oxygen atoms in total. The molecule has 0 saturated heterocycles. The minimum Gasteiger partial charge on any atom is -0.494 e. The Morgan fingerprint density at radius 1 is 1.32 bits per heavy atom. The number of nitrogens with two attached hydrogens (primary N) is 1. The van der Waals surface area contributed by atoms with Crippen LogP contribution in [0.3, 0.4) is 0 Å². The third-order valence-electron chi connectivity index (χ3n) is 3.75. The van der Waals surface area contributed by atoms with Gasteiger partial charge in [-0.2, -0.15) is 0 Å². The van der Waals surface area contributed by atoms with E-state index < -0.39 is 0 Å². The van der Waals surface area contributed by atoms with Crippen LogP contribution in [0.5, 0.6) is 5.75 Å². The van der Waals surface area contributed by atoms with Gasteiger partial charge in [0.05, 0.1) is 6.61 Å². The largest absolute Gasteiger partial charge is 0.494 e. The lowest BCUT2D eigenvalue weighted by atomic mass is 9.87. The second kappa shape index (κ2) is 7.14. The fraction of sp³-hybridized carbons (Fsp3) is 0.533. The number of rotatable bonds is 5. The van der Waals surface area contributed by atoms with Gasteiger partial charge in [0.1, 0.15) is 5.75 Å². The first-order chi connectivity index (χ1) is 9.29. The summed E-state index contributed by atoms with van der Waals surface area (Å²) in [5.74, 6) is 6.36. The molecule has 0 heterocycles. The highest BCUT2D eigenvalue weighted by Crippen LogP contribution is 2.26. The lowest BCUT2D eigenvalue weighted by Crippen LogP contribution is -2.29. The highest BCUT2D eigenvalue weighted by Gasteiger charge is 2.13. The summed E-state index contributed by atoms with van der Waals surface area (Å²) in [7, 11) is 0. The molecule has 1 aromatic carbocycles. The van der Waals surface area contributed by atoms with Gasteiger partial charge in [0.2, 0.25) is 0 Å². The molecule has 1 aliphatic rings. The van der Waals surface area contributed by atoms with E-state index in [0.29, 0.717) is 5.56 Å². The molecule has 1 amide bonds. The maximum atomic E-state index is 11.4. The molecule has 0 aliphatic heterocycles. The van der Waals surface area contributed by atoms with E-state index in [0.717, 1.165) is 24.7 Å². The smallest absolute Gasteiger partial charge is 0.265 e. The lowest BCUT2D eigenvalue weighted by molar-refractivity contribution is 0.0953. The topological polar surface area (TPSA) is 64.3 Å².